The first kappa shape index (κ1) is 12.0. The van der Waals surface area contributed by atoms with Crippen molar-refractivity contribution >= 4 is 11.3 Å². The monoisotopic (exact) mass is 240 g/mol. The van der Waals surface area contributed by atoms with Crippen LogP contribution in [0.25, 0.3) is 0 Å². The van der Waals surface area contributed by atoms with Crippen molar-refractivity contribution in [3.05, 3.63) is 16.6 Å². The van der Waals surface area contributed by atoms with Crippen LogP contribution in [0, 0.1) is 0 Å². The summed E-state index contributed by atoms with van der Waals surface area (Å²) in [4.78, 5) is 4.21. The minimum Gasteiger partial charge on any atom is -0.389 e. The molecule has 1 aromatic rings. The van der Waals surface area contributed by atoms with Crippen molar-refractivity contribution in [3.63, 3.8) is 0 Å². The first-order valence-electron chi connectivity index (χ1n) is 6.09. The zero-order valence-electron chi connectivity index (χ0n) is 9.61. The number of rotatable bonds is 4. The Morgan fingerprint density at radius 3 is 2.69 bits per heavy atom. The van der Waals surface area contributed by atoms with E-state index < -0.39 is 5.60 Å². The van der Waals surface area contributed by atoms with Gasteiger partial charge in [0.1, 0.15) is 0 Å². The molecule has 1 aliphatic rings. The Labute approximate surface area is 101 Å². The van der Waals surface area contributed by atoms with Crippen molar-refractivity contribution in [1.29, 1.82) is 0 Å². The summed E-state index contributed by atoms with van der Waals surface area (Å²) in [7, 11) is 0. The van der Waals surface area contributed by atoms with Crippen molar-refractivity contribution < 1.29 is 5.11 Å². The maximum atomic E-state index is 10.4. The fraction of sp³-hybridized carbons (Fsp3) is 0.750. The molecule has 0 unspecified atom stereocenters. The predicted molar refractivity (Wildman–Crippen MR) is 66.5 cm³/mol. The molecule has 1 aliphatic carbocycles. The van der Waals surface area contributed by atoms with Gasteiger partial charge in [-0.15, -0.1) is 11.3 Å². The Bertz CT molecular complexity index is 292. The van der Waals surface area contributed by atoms with Gasteiger partial charge in [0.25, 0.3) is 0 Å². The van der Waals surface area contributed by atoms with E-state index >= 15 is 0 Å². The third kappa shape index (κ3) is 3.54. The lowest BCUT2D eigenvalue weighted by Gasteiger charge is -2.26. The molecule has 2 N–H and O–H groups in total. The summed E-state index contributed by atoms with van der Waals surface area (Å²) in [6.45, 7) is 1.47. The van der Waals surface area contributed by atoms with Crippen LogP contribution in [0.1, 0.15) is 44.2 Å². The van der Waals surface area contributed by atoms with Crippen LogP contribution in [0.2, 0.25) is 0 Å². The average Bonchev–Trinajstić information content (AvgIpc) is 2.68. The highest BCUT2D eigenvalue weighted by Crippen LogP contribution is 2.26. The molecular weight excluding hydrogens is 220 g/mol. The fourth-order valence-electron chi connectivity index (χ4n) is 2.31. The van der Waals surface area contributed by atoms with Gasteiger partial charge in [-0.2, -0.15) is 0 Å². The Balaban J connectivity index is 1.75. The van der Waals surface area contributed by atoms with Crippen molar-refractivity contribution in [1.82, 2.24) is 10.3 Å². The summed E-state index contributed by atoms with van der Waals surface area (Å²) < 4.78 is 0. The second-order valence-electron chi connectivity index (χ2n) is 4.72. The van der Waals surface area contributed by atoms with Crippen LogP contribution in [0.5, 0.6) is 0 Å². The lowest BCUT2D eigenvalue weighted by Crippen LogP contribution is -2.39. The van der Waals surface area contributed by atoms with Crippen molar-refractivity contribution in [3.8, 4) is 0 Å². The van der Waals surface area contributed by atoms with E-state index in [0.717, 1.165) is 37.9 Å². The lowest BCUT2D eigenvalue weighted by molar-refractivity contribution is 0.0250. The predicted octanol–water partition coefficient (Wildman–Crippen LogP) is 2.32. The Morgan fingerprint density at radius 1 is 1.31 bits per heavy atom. The van der Waals surface area contributed by atoms with Crippen LogP contribution < -0.4 is 5.32 Å². The number of aliphatic hydroxyl groups is 1. The first-order valence-corrected chi connectivity index (χ1v) is 7.03. The number of nitrogens with zero attached hydrogens (tertiary/aromatic N) is 1. The second kappa shape index (κ2) is 5.75. The quantitative estimate of drug-likeness (QED) is 0.794. The molecule has 4 heteroatoms. The lowest BCUT2D eigenvalue weighted by atomic mass is 9.94. The number of hydrogen-bond donors (Lipinski definition) is 2. The zero-order valence-corrected chi connectivity index (χ0v) is 10.4. The molecule has 0 spiro atoms. The maximum Gasteiger partial charge on any atom is 0.0795 e. The number of nitrogens with one attached hydrogen (secondary N) is 1. The molecule has 1 saturated carbocycles. The molecule has 1 aromatic heterocycles. The Hall–Kier alpha value is -0.450. The summed E-state index contributed by atoms with van der Waals surface area (Å²) >= 11 is 1.61. The summed E-state index contributed by atoms with van der Waals surface area (Å²) in [5.41, 5.74) is 2.44. The molecule has 1 heterocycles. The molecule has 0 aromatic carbocycles. The van der Waals surface area contributed by atoms with E-state index in [1.807, 2.05) is 10.9 Å². The van der Waals surface area contributed by atoms with E-state index in [0.29, 0.717) is 6.54 Å². The molecule has 0 atom stereocenters. The highest BCUT2D eigenvalue weighted by molar-refractivity contribution is 7.07. The first-order chi connectivity index (χ1) is 7.79. The third-order valence-corrected chi connectivity index (χ3v) is 3.91. The standard InChI is InChI=1S/C12H20N2OS/c15-12(5-3-1-2-4-6-12)9-13-7-11-8-16-10-14-11/h8,10,13,15H,1-7,9H2. The van der Waals surface area contributed by atoms with Gasteiger partial charge in [-0.05, 0) is 12.8 Å². The SMILES string of the molecule is OC1(CNCc2cscn2)CCCCCC1. The number of aromatic nitrogens is 1. The van der Waals surface area contributed by atoms with E-state index in [9.17, 15) is 5.11 Å². The van der Waals surface area contributed by atoms with Crippen LogP contribution in [0.15, 0.2) is 10.9 Å². The van der Waals surface area contributed by atoms with Crippen LogP contribution in [-0.2, 0) is 6.54 Å². The van der Waals surface area contributed by atoms with Crippen molar-refractivity contribution in [2.45, 2.75) is 50.7 Å². The van der Waals surface area contributed by atoms with Crippen molar-refractivity contribution in [2.24, 2.45) is 0 Å². The minimum atomic E-state index is -0.480. The minimum absolute atomic E-state index is 0.480. The van der Waals surface area contributed by atoms with Crippen LogP contribution in [0.3, 0.4) is 0 Å². The second-order valence-corrected chi connectivity index (χ2v) is 5.44. The molecule has 0 saturated heterocycles. The van der Waals surface area contributed by atoms with Gasteiger partial charge >= 0.3 is 0 Å². The van der Waals surface area contributed by atoms with Gasteiger partial charge in [-0.25, -0.2) is 4.98 Å². The molecule has 1 fully saturated rings. The summed E-state index contributed by atoms with van der Waals surface area (Å²) in [5, 5.41) is 15.8. The van der Waals surface area contributed by atoms with E-state index in [-0.39, 0.29) is 0 Å². The largest absolute Gasteiger partial charge is 0.389 e. The molecule has 0 amide bonds. The van der Waals surface area contributed by atoms with Crippen LogP contribution in [-0.4, -0.2) is 22.2 Å². The highest BCUT2D eigenvalue weighted by Gasteiger charge is 2.27. The fourth-order valence-corrected chi connectivity index (χ4v) is 2.87. The van der Waals surface area contributed by atoms with Gasteiger partial charge in [-0.1, -0.05) is 25.7 Å². The van der Waals surface area contributed by atoms with Gasteiger partial charge in [0, 0.05) is 18.5 Å². The Kier molecular flexibility index (Phi) is 4.32. The summed E-state index contributed by atoms with van der Waals surface area (Å²) in [5.74, 6) is 0. The van der Waals surface area contributed by atoms with Gasteiger partial charge in [0.15, 0.2) is 0 Å². The van der Waals surface area contributed by atoms with Crippen LogP contribution >= 0.6 is 11.3 Å². The number of thiazole rings is 1. The molecule has 3 nitrogen and oxygen atoms in total. The van der Waals surface area contributed by atoms with E-state index in [2.05, 4.69) is 10.3 Å². The molecular formula is C12H20N2OS. The third-order valence-electron chi connectivity index (χ3n) is 3.28. The van der Waals surface area contributed by atoms with Crippen LogP contribution in [0.4, 0.5) is 0 Å². The van der Waals surface area contributed by atoms with Crippen molar-refractivity contribution in [2.75, 3.05) is 6.54 Å². The normalized spacial score (nSPS) is 20.6. The van der Waals surface area contributed by atoms with E-state index in [4.69, 9.17) is 0 Å². The maximum absolute atomic E-state index is 10.4. The Morgan fingerprint density at radius 2 is 2.06 bits per heavy atom. The molecule has 0 aliphatic heterocycles. The topological polar surface area (TPSA) is 45.1 Å². The molecule has 16 heavy (non-hydrogen) atoms. The van der Waals surface area contributed by atoms with Gasteiger partial charge in [0.2, 0.25) is 0 Å². The van der Waals surface area contributed by atoms with E-state index in [1.165, 1.54) is 12.8 Å². The van der Waals surface area contributed by atoms with Gasteiger partial charge in [-0.3, -0.25) is 0 Å². The molecule has 0 bridgehead atoms. The van der Waals surface area contributed by atoms with Gasteiger partial charge < -0.3 is 10.4 Å². The zero-order chi connectivity index (χ0) is 11.3. The molecule has 0 radical (unpaired) electrons. The molecule has 2 rings (SSSR count). The smallest absolute Gasteiger partial charge is 0.0795 e. The average molecular weight is 240 g/mol. The summed E-state index contributed by atoms with van der Waals surface area (Å²) in [6.07, 6.45) is 6.75. The van der Waals surface area contributed by atoms with Gasteiger partial charge in [0.05, 0.1) is 16.8 Å². The molecule has 90 valence electrons. The highest BCUT2D eigenvalue weighted by atomic mass is 32.1. The van der Waals surface area contributed by atoms with E-state index in [1.54, 1.807) is 11.3 Å². The number of hydrogen-bond acceptors (Lipinski definition) is 4. The summed E-state index contributed by atoms with van der Waals surface area (Å²) in [6, 6.07) is 0.